The standard InChI is InChI=1S/C15H18N2O2S/c1-11-10-20-15(16-11)14-9-19-6-5-17(14)8-12-3-2-4-13(18)7-12/h2-4,7,10,14,18H,5-6,8-9H2,1H3/t14-/m0/s1. The molecule has 106 valence electrons. The summed E-state index contributed by atoms with van der Waals surface area (Å²) in [7, 11) is 0. The molecule has 4 nitrogen and oxygen atoms in total. The van der Waals surface area contributed by atoms with Gasteiger partial charge in [-0.3, -0.25) is 4.90 Å². The molecule has 1 fully saturated rings. The number of aryl methyl sites for hydroxylation is 1. The Hall–Kier alpha value is -1.43. The topological polar surface area (TPSA) is 45.6 Å². The lowest BCUT2D eigenvalue weighted by atomic mass is 10.1. The third-order valence-electron chi connectivity index (χ3n) is 3.46. The van der Waals surface area contributed by atoms with Crippen LogP contribution in [0.4, 0.5) is 0 Å². The Labute approximate surface area is 122 Å². The first-order chi connectivity index (χ1) is 9.72. The highest BCUT2D eigenvalue weighted by Gasteiger charge is 2.26. The predicted molar refractivity (Wildman–Crippen MR) is 78.9 cm³/mol. The molecular weight excluding hydrogens is 272 g/mol. The van der Waals surface area contributed by atoms with Crippen LogP contribution in [-0.2, 0) is 11.3 Å². The van der Waals surface area contributed by atoms with Crippen molar-refractivity contribution in [1.82, 2.24) is 9.88 Å². The van der Waals surface area contributed by atoms with Crippen molar-refractivity contribution in [3.05, 3.63) is 45.9 Å². The summed E-state index contributed by atoms with van der Waals surface area (Å²) in [6.07, 6.45) is 0. The lowest BCUT2D eigenvalue weighted by Crippen LogP contribution is -2.38. The molecule has 0 amide bonds. The molecule has 0 unspecified atom stereocenters. The van der Waals surface area contributed by atoms with Gasteiger partial charge in [0.15, 0.2) is 0 Å². The van der Waals surface area contributed by atoms with Crippen molar-refractivity contribution in [2.24, 2.45) is 0 Å². The number of benzene rings is 1. The Morgan fingerprint density at radius 3 is 3.15 bits per heavy atom. The van der Waals surface area contributed by atoms with Gasteiger partial charge < -0.3 is 9.84 Å². The molecule has 3 rings (SSSR count). The molecule has 20 heavy (non-hydrogen) atoms. The van der Waals surface area contributed by atoms with Gasteiger partial charge >= 0.3 is 0 Å². The number of rotatable bonds is 3. The van der Waals surface area contributed by atoms with E-state index in [4.69, 9.17) is 4.74 Å². The minimum absolute atomic E-state index is 0.213. The maximum atomic E-state index is 9.58. The van der Waals surface area contributed by atoms with Crippen LogP contribution in [0.5, 0.6) is 5.75 Å². The Balaban J connectivity index is 1.79. The SMILES string of the molecule is Cc1csc([C@@H]2COCCN2Cc2cccc(O)c2)n1. The lowest BCUT2D eigenvalue weighted by Gasteiger charge is -2.34. The van der Waals surface area contributed by atoms with Crippen molar-refractivity contribution in [1.29, 1.82) is 0 Å². The number of ether oxygens (including phenoxy) is 1. The molecule has 0 bridgehead atoms. The van der Waals surface area contributed by atoms with Crippen LogP contribution < -0.4 is 0 Å². The minimum atomic E-state index is 0.213. The Morgan fingerprint density at radius 2 is 2.40 bits per heavy atom. The number of phenols is 1. The van der Waals surface area contributed by atoms with Gasteiger partial charge in [-0.2, -0.15) is 0 Å². The molecular formula is C15H18N2O2S. The van der Waals surface area contributed by atoms with E-state index in [0.29, 0.717) is 12.4 Å². The average molecular weight is 290 g/mol. The van der Waals surface area contributed by atoms with Crippen LogP contribution in [-0.4, -0.2) is 34.7 Å². The van der Waals surface area contributed by atoms with Gasteiger partial charge in [0.2, 0.25) is 0 Å². The van der Waals surface area contributed by atoms with Crippen molar-refractivity contribution < 1.29 is 9.84 Å². The molecule has 2 heterocycles. The van der Waals surface area contributed by atoms with Crippen LogP contribution in [0.1, 0.15) is 22.3 Å². The summed E-state index contributed by atoms with van der Waals surface area (Å²) < 4.78 is 5.61. The van der Waals surface area contributed by atoms with E-state index in [0.717, 1.165) is 36.0 Å². The zero-order valence-electron chi connectivity index (χ0n) is 11.5. The zero-order valence-corrected chi connectivity index (χ0v) is 12.3. The molecule has 1 aliphatic rings. The first-order valence-corrected chi connectivity index (χ1v) is 7.62. The second-order valence-electron chi connectivity index (χ2n) is 5.06. The third kappa shape index (κ3) is 3.00. The van der Waals surface area contributed by atoms with E-state index in [9.17, 15) is 5.11 Å². The van der Waals surface area contributed by atoms with Crippen LogP contribution in [0.3, 0.4) is 0 Å². The van der Waals surface area contributed by atoms with Gasteiger partial charge in [-0.1, -0.05) is 12.1 Å². The van der Waals surface area contributed by atoms with Crippen LogP contribution in [0.25, 0.3) is 0 Å². The molecule has 1 saturated heterocycles. The molecule has 1 aromatic heterocycles. The Morgan fingerprint density at radius 1 is 1.50 bits per heavy atom. The summed E-state index contributed by atoms with van der Waals surface area (Å²) in [4.78, 5) is 6.96. The molecule has 0 spiro atoms. The lowest BCUT2D eigenvalue weighted by molar-refractivity contribution is -0.0128. The number of nitrogens with zero attached hydrogens (tertiary/aromatic N) is 2. The number of hydrogen-bond donors (Lipinski definition) is 1. The van der Waals surface area contributed by atoms with Crippen molar-refractivity contribution in [2.75, 3.05) is 19.8 Å². The van der Waals surface area contributed by atoms with Crippen molar-refractivity contribution in [2.45, 2.75) is 19.5 Å². The molecule has 0 radical (unpaired) electrons. The van der Waals surface area contributed by atoms with Crippen molar-refractivity contribution in [3.8, 4) is 5.75 Å². The quantitative estimate of drug-likeness (QED) is 0.944. The van der Waals surface area contributed by atoms with E-state index >= 15 is 0 Å². The normalized spacial score (nSPS) is 20.1. The van der Waals surface area contributed by atoms with Crippen LogP contribution in [0.2, 0.25) is 0 Å². The molecule has 1 N–H and O–H groups in total. The van der Waals surface area contributed by atoms with Crippen molar-refractivity contribution >= 4 is 11.3 Å². The summed E-state index contributed by atoms with van der Waals surface area (Å²) in [6.45, 7) is 5.15. The van der Waals surface area contributed by atoms with Crippen LogP contribution >= 0.6 is 11.3 Å². The molecule has 0 aliphatic carbocycles. The summed E-state index contributed by atoms with van der Waals surface area (Å²) >= 11 is 1.69. The summed E-state index contributed by atoms with van der Waals surface area (Å²) in [5.74, 6) is 0.317. The number of aromatic hydroxyl groups is 1. The molecule has 1 aromatic carbocycles. The molecule has 2 aromatic rings. The van der Waals surface area contributed by atoms with Gasteiger partial charge in [-0.05, 0) is 24.6 Å². The highest BCUT2D eigenvalue weighted by molar-refractivity contribution is 7.09. The first-order valence-electron chi connectivity index (χ1n) is 6.74. The fraction of sp³-hybridized carbons (Fsp3) is 0.400. The highest BCUT2D eigenvalue weighted by atomic mass is 32.1. The van der Waals surface area contributed by atoms with Gasteiger partial charge in [0.25, 0.3) is 0 Å². The van der Waals surface area contributed by atoms with E-state index in [1.54, 1.807) is 17.4 Å². The van der Waals surface area contributed by atoms with E-state index in [1.807, 2.05) is 25.1 Å². The first kappa shape index (κ1) is 13.5. The maximum Gasteiger partial charge on any atom is 0.115 e. The Kier molecular flexibility index (Phi) is 4.00. The fourth-order valence-electron chi connectivity index (χ4n) is 2.47. The van der Waals surface area contributed by atoms with E-state index < -0.39 is 0 Å². The van der Waals surface area contributed by atoms with Gasteiger partial charge in [-0.15, -0.1) is 11.3 Å². The number of aromatic nitrogens is 1. The summed E-state index contributed by atoms with van der Waals surface area (Å²) in [5.41, 5.74) is 2.18. The maximum absolute atomic E-state index is 9.58. The second kappa shape index (κ2) is 5.91. The van der Waals surface area contributed by atoms with E-state index in [-0.39, 0.29) is 6.04 Å². The predicted octanol–water partition coefficient (Wildman–Crippen LogP) is 2.73. The van der Waals surface area contributed by atoms with Crippen LogP contribution in [0.15, 0.2) is 29.6 Å². The highest BCUT2D eigenvalue weighted by Crippen LogP contribution is 2.28. The third-order valence-corrected chi connectivity index (χ3v) is 4.52. The molecule has 5 heteroatoms. The largest absolute Gasteiger partial charge is 0.508 e. The van der Waals surface area contributed by atoms with E-state index in [2.05, 4.69) is 15.3 Å². The fourth-order valence-corrected chi connectivity index (χ4v) is 3.38. The minimum Gasteiger partial charge on any atom is -0.508 e. The van der Waals surface area contributed by atoms with Crippen molar-refractivity contribution in [3.63, 3.8) is 0 Å². The second-order valence-corrected chi connectivity index (χ2v) is 5.95. The van der Waals surface area contributed by atoms with E-state index in [1.165, 1.54) is 0 Å². The molecule has 1 aliphatic heterocycles. The number of hydrogen-bond acceptors (Lipinski definition) is 5. The molecule has 1 atom stereocenters. The van der Waals surface area contributed by atoms with Gasteiger partial charge in [0.1, 0.15) is 10.8 Å². The van der Waals surface area contributed by atoms with Gasteiger partial charge in [0.05, 0.1) is 19.3 Å². The number of morpholine rings is 1. The summed E-state index contributed by atoms with van der Waals surface area (Å²) in [5, 5.41) is 12.8. The number of phenolic OH excluding ortho intramolecular Hbond substituents is 1. The number of thiazole rings is 1. The molecule has 0 saturated carbocycles. The van der Waals surface area contributed by atoms with Crippen LogP contribution in [0, 0.1) is 6.92 Å². The van der Waals surface area contributed by atoms with Gasteiger partial charge in [0, 0.05) is 24.2 Å². The zero-order chi connectivity index (χ0) is 13.9. The monoisotopic (exact) mass is 290 g/mol. The Bertz CT molecular complexity index is 585. The average Bonchev–Trinajstić information content (AvgIpc) is 2.86. The summed E-state index contributed by atoms with van der Waals surface area (Å²) in [6, 6.07) is 7.65. The van der Waals surface area contributed by atoms with Gasteiger partial charge in [-0.25, -0.2) is 4.98 Å². The smallest absolute Gasteiger partial charge is 0.115 e.